The van der Waals surface area contributed by atoms with Crippen LogP contribution in [0.4, 0.5) is 0 Å². The van der Waals surface area contributed by atoms with E-state index in [0.717, 1.165) is 20.8 Å². The number of hydrogen-bond donors (Lipinski definition) is 0. The fourth-order valence-corrected chi connectivity index (χ4v) is 2.23. The first kappa shape index (κ1) is 18.9. The van der Waals surface area contributed by atoms with Gasteiger partial charge in [0.25, 0.3) is 0 Å². The smallest absolute Gasteiger partial charge is 0.305 e. The van der Waals surface area contributed by atoms with Crippen LogP contribution < -0.4 is 0 Å². The lowest BCUT2D eigenvalue weighted by molar-refractivity contribution is -0.292. The molecular weight excluding hydrogens is 312 g/mol. The maximum Gasteiger partial charge on any atom is 0.305 e. The number of esters is 4. The summed E-state index contributed by atoms with van der Waals surface area (Å²) in [6.45, 7) is 6.16. The van der Waals surface area contributed by atoms with Gasteiger partial charge in [0.15, 0.2) is 12.2 Å². The molecule has 1 aliphatic heterocycles. The fraction of sp³-hybridized carbons (Fsp3) is 0.714. The highest BCUT2D eigenvalue weighted by Crippen LogP contribution is 2.29. The van der Waals surface area contributed by atoms with E-state index in [1.807, 2.05) is 0 Å². The number of hydrogen-bond acceptors (Lipinski definition) is 9. The van der Waals surface area contributed by atoms with Gasteiger partial charge < -0.3 is 23.7 Å². The zero-order chi connectivity index (χ0) is 17.7. The molecule has 1 heterocycles. The highest BCUT2D eigenvalue weighted by molar-refractivity contribution is 5.69. The number of carbonyl (C=O) groups excluding carboxylic acids is 4. The Hall–Kier alpha value is -2.16. The van der Waals surface area contributed by atoms with Crippen molar-refractivity contribution in [1.82, 2.24) is 0 Å². The largest absolute Gasteiger partial charge is 0.456 e. The molecule has 0 bridgehead atoms. The van der Waals surface area contributed by atoms with Gasteiger partial charge in [0, 0.05) is 27.7 Å². The summed E-state index contributed by atoms with van der Waals surface area (Å²) in [5.41, 5.74) is 0. The molecule has 0 aliphatic carbocycles. The van der Waals surface area contributed by atoms with E-state index >= 15 is 0 Å². The molecule has 1 rings (SSSR count). The van der Waals surface area contributed by atoms with Crippen LogP contribution >= 0.6 is 0 Å². The zero-order valence-corrected chi connectivity index (χ0v) is 13.6. The van der Waals surface area contributed by atoms with Crippen molar-refractivity contribution in [2.45, 2.75) is 65.3 Å². The number of carbonyl (C=O) groups is 4. The van der Waals surface area contributed by atoms with Crippen LogP contribution in [0.25, 0.3) is 0 Å². The first-order chi connectivity index (χ1) is 10.6. The molecule has 1 fully saturated rings. The van der Waals surface area contributed by atoms with Crippen molar-refractivity contribution in [1.29, 1.82) is 0 Å². The average molecular weight is 332 g/mol. The first-order valence-corrected chi connectivity index (χ1v) is 6.96. The van der Waals surface area contributed by atoms with E-state index in [9.17, 15) is 19.2 Å². The summed E-state index contributed by atoms with van der Waals surface area (Å²) in [6.07, 6.45) is -5.51. The quantitative estimate of drug-likeness (QED) is 0.521. The van der Waals surface area contributed by atoms with Gasteiger partial charge in [-0.3, -0.25) is 19.2 Å². The molecule has 1 aliphatic rings. The van der Waals surface area contributed by atoms with Gasteiger partial charge in [-0.25, -0.2) is 0 Å². The third-order valence-electron chi connectivity index (χ3n) is 2.92. The molecular formula is C14H20O9. The van der Waals surface area contributed by atoms with Crippen LogP contribution in [0.2, 0.25) is 0 Å². The van der Waals surface area contributed by atoms with E-state index in [1.165, 1.54) is 6.92 Å². The molecule has 0 saturated carbocycles. The van der Waals surface area contributed by atoms with Crippen LogP contribution in [0.1, 0.15) is 34.6 Å². The molecule has 23 heavy (non-hydrogen) atoms. The van der Waals surface area contributed by atoms with Crippen molar-refractivity contribution in [2.75, 3.05) is 0 Å². The lowest BCUT2D eigenvalue weighted by Gasteiger charge is -2.42. The van der Waals surface area contributed by atoms with Gasteiger partial charge in [0.05, 0.1) is 6.10 Å². The summed E-state index contributed by atoms with van der Waals surface area (Å²) in [4.78, 5) is 45.1. The Bertz CT molecular complexity index is 487. The lowest BCUT2D eigenvalue weighted by Crippen LogP contribution is -2.61. The average Bonchev–Trinajstić information content (AvgIpc) is 2.36. The van der Waals surface area contributed by atoms with Crippen molar-refractivity contribution in [3.05, 3.63) is 0 Å². The minimum Gasteiger partial charge on any atom is -0.456 e. The summed E-state index contributed by atoms with van der Waals surface area (Å²) in [5, 5.41) is 0. The van der Waals surface area contributed by atoms with Gasteiger partial charge in [0.1, 0.15) is 0 Å². The molecule has 130 valence electrons. The molecule has 0 spiro atoms. The van der Waals surface area contributed by atoms with Gasteiger partial charge in [-0.05, 0) is 6.92 Å². The highest BCUT2D eigenvalue weighted by atomic mass is 16.7. The van der Waals surface area contributed by atoms with Crippen molar-refractivity contribution < 1.29 is 42.9 Å². The summed E-state index contributed by atoms with van der Waals surface area (Å²) in [6, 6.07) is 0. The van der Waals surface area contributed by atoms with E-state index in [4.69, 9.17) is 23.7 Å². The fourth-order valence-electron chi connectivity index (χ4n) is 2.23. The molecule has 9 heteroatoms. The first-order valence-electron chi connectivity index (χ1n) is 6.96. The highest BCUT2D eigenvalue weighted by Gasteiger charge is 2.51. The van der Waals surface area contributed by atoms with Crippen molar-refractivity contribution in [3.63, 3.8) is 0 Å². The Morgan fingerprint density at radius 3 is 1.48 bits per heavy atom. The number of rotatable bonds is 4. The molecule has 0 aromatic carbocycles. The van der Waals surface area contributed by atoms with Gasteiger partial charge in [-0.2, -0.15) is 0 Å². The van der Waals surface area contributed by atoms with E-state index in [0.29, 0.717) is 0 Å². The van der Waals surface area contributed by atoms with E-state index in [-0.39, 0.29) is 0 Å². The van der Waals surface area contributed by atoms with Gasteiger partial charge in [-0.1, -0.05) is 0 Å². The predicted octanol–water partition coefficient (Wildman–Crippen LogP) is 0.0894. The summed E-state index contributed by atoms with van der Waals surface area (Å²) < 4.78 is 25.7. The predicted molar refractivity (Wildman–Crippen MR) is 72.8 cm³/mol. The van der Waals surface area contributed by atoms with Crippen LogP contribution in [0.5, 0.6) is 0 Å². The summed E-state index contributed by atoms with van der Waals surface area (Å²) >= 11 is 0. The Morgan fingerprint density at radius 1 is 0.652 bits per heavy atom. The zero-order valence-electron chi connectivity index (χ0n) is 13.6. The number of ether oxygens (including phenoxy) is 5. The van der Waals surface area contributed by atoms with Crippen LogP contribution in [0, 0.1) is 0 Å². The Morgan fingerprint density at radius 2 is 1.04 bits per heavy atom. The van der Waals surface area contributed by atoms with Crippen molar-refractivity contribution in [2.24, 2.45) is 0 Å². The minimum absolute atomic E-state index is 0.630. The van der Waals surface area contributed by atoms with Crippen LogP contribution in [0.3, 0.4) is 0 Å². The molecule has 5 atom stereocenters. The van der Waals surface area contributed by atoms with E-state index in [2.05, 4.69) is 0 Å². The normalized spacial score (nSPS) is 30.0. The summed E-state index contributed by atoms with van der Waals surface area (Å²) in [5.74, 6) is -2.69. The third kappa shape index (κ3) is 5.51. The summed E-state index contributed by atoms with van der Waals surface area (Å²) in [7, 11) is 0. The maximum absolute atomic E-state index is 11.4. The Balaban J connectivity index is 3.15. The standard InChI is InChI=1S/C14H20O9/c1-6-11(20-7(2)15)12(21-8(3)16)13(22-9(4)17)14(19-6)23-10(5)18/h6,11-14H,1-5H3/t6-,11+,12-,13-,14?/m0/s1. The minimum atomic E-state index is -1.29. The second kappa shape index (κ2) is 7.91. The third-order valence-corrected chi connectivity index (χ3v) is 2.92. The van der Waals surface area contributed by atoms with E-state index < -0.39 is 54.6 Å². The Kier molecular flexibility index (Phi) is 6.49. The Labute approximate surface area is 133 Å². The molecule has 1 unspecified atom stereocenters. The SMILES string of the molecule is CC(=O)OC1O[C@@H](C)[C@@H](OC(C)=O)[C@H](OC(C)=O)[C@@H]1OC(C)=O. The van der Waals surface area contributed by atoms with Crippen molar-refractivity contribution in [3.8, 4) is 0 Å². The topological polar surface area (TPSA) is 114 Å². The van der Waals surface area contributed by atoms with Crippen LogP contribution in [0.15, 0.2) is 0 Å². The molecule has 0 aromatic heterocycles. The maximum atomic E-state index is 11.4. The van der Waals surface area contributed by atoms with Crippen LogP contribution in [-0.2, 0) is 42.9 Å². The van der Waals surface area contributed by atoms with Gasteiger partial charge in [-0.15, -0.1) is 0 Å². The molecule has 0 radical (unpaired) electrons. The molecule has 0 N–H and O–H groups in total. The second-order valence-electron chi connectivity index (χ2n) is 5.04. The van der Waals surface area contributed by atoms with Gasteiger partial charge >= 0.3 is 23.9 Å². The van der Waals surface area contributed by atoms with Crippen LogP contribution in [-0.4, -0.2) is 54.6 Å². The molecule has 0 amide bonds. The molecule has 0 aromatic rings. The van der Waals surface area contributed by atoms with Crippen molar-refractivity contribution >= 4 is 23.9 Å². The monoisotopic (exact) mass is 332 g/mol. The van der Waals surface area contributed by atoms with Gasteiger partial charge in [0.2, 0.25) is 12.4 Å². The van der Waals surface area contributed by atoms with E-state index in [1.54, 1.807) is 6.92 Å². The molecule has 1 saturated heterocycles. The lowest BCUT2D eigenvalue weighted by atomic mass is 9.99. The molecule has 9 nitrogen and oxygen atoms in total. The second-order valence-corrected chi connectivity index (χ2v) is 5.04.